The molecule has 20 heavy (non-hydrogen) atoms. The van der Waals surface area contributed by atoms with Gasteiger partial charge in [-0.2, -0.15) is 0 Å². The standard InChI is InChI=1S/C14H17N3O3/c15-14-16-11-7-8(13(19)20)1-6-12(11)17(14)9-2-4-10(18)5-3-9/h1,6-7,9-10,18H,2-5H2,(H2,15,16)(H,19,20). The van der Waals surface area contributed by atoms with Crippen molar-refractivity contribution in [3.63, 3.8) is 0 Å². The van der Waals surface area contributed by atoms with E-state index >= 15 is 0 Å². The number of nitrogens with zero attached hydrogens (tertiary/aromatic N) is 2. The van der Waals surface area contributed by atoms with Crippen molar-refractivity contribution in [3.8, 4) is 0 Å². The number of fused-ring (bicyclic) bond motifs is 1. The van der Waals surface area contributed by atoms with Crippen LogP contribution in [0.3, 0.4) is 0 Å². The fourth-order valence-electron chi connectivity index (χ4n) is 2.95. The van der Waals surface area contributed by atoms with Crippen LogP contribution in [0, 0.1) is 0 Å². The predicted molar refractivity (Wildman–Crippen MR) is 74.6 cm³/mol. The number of rotatable bonds is 2. The van der Waals surface area contributed by atoms with Gasteiger partial charge in [0, 0.05) is 6.04 Å². The molecule has 0 saturated heterocycles. The predicted octanol–water partition coefficient (Wildman–Crippen LogP) is 1.79. The Kier molecular flexibility index (Phi) is 3.10. The number of aliphatic hydroxyl groups is 1. The van der Waals surface area contributed by atoms with Gasteiger partial charge in [-0.3, -0.25) is 0 Å². The first-order chi connectivity index (χ1) is 9.56. The number of aliphatic hydroxyl groups excluding tert-OH is 1. The number of benzene rings is 1. The zero-order valence-corrected chi connectivity index (χ0v) is 11.0. The summed E-state index contributed by atoms with van der Waals surface area (Å²) in [6.45, 7) is 0. The van der Waals surface area contributed by atoms with Gasteiger partial charge < -0.3 is 20.5 Å². The van der Waals surface area contributed by atoms with Gasteiger partial charge in [0.05, 0.1) is 22.7 Å². The van der Waals surface area contributed by atoms with Gasteiger partial charge in [0.2, 0.25) is 5.95 Å². The smallest absolute Gasteiger partial charge is 0.335 e. The van der Waals surface area contributed by atoms with E-state index < -0.39 is 5.97 Å². The number of imidazole rings is 1. The van der Waals surface area contributed by atoms with E-state index in [4.69, 9.17) is 10.8 Å². The van der Waals surface area contributed by atoms with Crippen LogP contribution in [0.2, 0.25) is 0 Å². The summed E-state index contributed by atoms with van der Waals surface area (Å²) in [6, 6.07) is 5.09. The second-order valence-corrected chi connectivity index (χ2v) is 5.31. The molecule has 1 aliphatic rings. The maximum atomic E-state index is 11.0. The van der Waals surface area contributed by atoms with Gasteiger partial charge in [-0.25, -0.2) is 9.78 Å². The third kappa shape index (κ3) is 2.12. The fraction of sp³-hybridized carbons (Fsp3) is 0.429. The van der Waals surface area contributed by atoms with E-state index in [0.29, 0.717) is 11.5 Å². The van der Waals surface area contributed by atoms with Crippen molar-refractivity contribution in [1.82, 2.24) is 9.55 Å². The molecule has 0 atom stereocenters. The van der Waals surface area contributed by atoms with Gasteiger partial charge in [0.25, 0.3) is 0 Å². The Morgan fingerprint density at radius 2 is 2.00 bits per heavy atom. The summed E-state index contributed by atoms with van der Waals surface area (Å²) < 4.78 is 1.97. The van der Waals surface area contributed by atoms with E-state index in [-0.39, 0.29) is 17.7 Å². The summed E-state index contributed by atoms with van der Waals surface area (Å²) in [5.74, 6) is -0.565. The molecule has 0 amide bonds. The van der Waals surface area contributed by atoms with E-state index in [1.807, 2.05) is 4.57 Å². The number of nitrogen functional groups attached to an aromatic ring is 1. The van der Waals surface area contributed by atoms with Crippen molar-refractivity contribution in [2.45, 2.75) is 37.8 Å². The van der Waals surface area contributed by atoms with Crippen LogP contribution in [0.4, 0.5) is 5.95 Å². The number of aromatic nitrogens is 2. The zero-order chi connectivity index (χ0) is 14.3. The third-order valence-corrected chi connectivity index (χ3v) is 4.00. The lowest BCUT2D eigenvalue weighted by molar-refractivity contribution is 0.0697. The van der Waals surface area contributed by atoms with Gasteiger partial charge in [0.1, 0.15) is 0 Å². The molecule has 0 bridgehead atoms. The molecule has 0 aliphatic heterocycles. The minimum absolute atomic E-state index is 0.209. The molecule has 0 spiro atoms. The molecule has 0 unspecified atom stereocenters. The summed E-state index contributed by atoms with van der Waals surface area (Å²) in [7, 11) is 0. The molecule has 0 radical (unpaired) electrons. The molecule has 106 valence electrons. The van der Waals surface area contributed by atoms with Crippen molar-refractivity contribution in [2.24, 2.45) is 0 Å². The van der Waals surface area contributed by atoms with Crippen LogP contribution in [-0.2, 0) is 0 Å². The number of carbonyl (C=O) groups is 1. The van der Waals surface area contributed by atoms with Crippen molar-refractivity contribution in [2.75, 3.05) is 5.73 Å². The average molecular weight is 275 g/mol. The summed E-state index contributed by atoms with van der Waals surface area (Å²) in [4.78, 5) is 15.2. The molecular formula is C14H17N3O3. The highest BCUT2D eigenvalue weighted by molar-refractivity contribution is 5.93. The Hall–Kier alpha value is -2.08. The van der Waals surface area contributed by atoms with Crippen molar-refractivity contribution >= 4 is 23.0 Å². The number of aromatic carboxylic acids is 1. The van der Waals surface area contributed by atoms with Crippen LogP contribution in [0.25, 0.3) is 11.0 Å². The Balaban J connectivity index is 2.02. The minimum Gasteiger partial charge on any atom is -0.478 e. The molecule has 1 aliphatic carbocycles. The average Bonchev–Trinajstić information content (AvgIpc) is 2.74. The Bertz CT molecular complexity index is 657. The lowest BCUT2D eigenvalue weighted by Gasteiger charge is -2.27. The van der Waals surface area contributed by atoms with Crippen LogP contribution in [0.1, 0.15) is 42.1 Å². The summed E-state index contributed by atoms with van der Waals surface area (Å²) >= 11 is 0. The van der Waals surface area contributed by atoms with Gasteiger partial charge >= 0.3 is 5.97 Å². The number of carboxylic acid groups (broad SMARTS) is 1. The lowest BCUT2D eigenvalue weighted by Crippen LogP contribution is -2.22. The van der Waals surface area contributed by atoms with Crippen molar-refractivity contribution < 1.29 is 15.0 Å². The lowest BCUT2D eigenvalue weighted by atomic mass is 9.93. The van der Waals surface area contributed by atoms with E-state index in [0.717, 1.165) is 31.2 Å². The number of hydrogen-bond donors (Lipinski definition) is 3. The molecule has 3 rings (SSSR count). The molecule has 4 N–H and O–H groups in total. The highest BCUT2D eigenvalue weighted by Crippen LogP contribution is 2.33. The normalized spacial score (nSPS) is 23.1. The molecule has 1 fully saturated rings. The van der Waals surface area contributed by atoms with E-state index in [9.17, 15) is 9.90 Å². The van der Waals surface area contributed by atoms with Gasteiger partial charge in [-0.1, -0.05) is 0 Å². The summed E-state index contributed by atoms with van der Waals surface area (Å²) in [6.07, 6.45) is 3.02. The molecule has 6 nitrogen and oxygen atoms in total. The van der Waals surface area contributed by atoms with Crippen LogP contribution in [0.15, 0.2) is 18.2 Å². The van der Waals surface area contributed by atoms with E-state index in [1.54, 1.807) is 18.2 Å². The van der Waals surface area contributed by atoms with Gasteiger partial charge in [-0.15, -0.1) is 0 Å². The van der Waals surface area contributed by atoms with Crippen LogP contribution < -0.4 is 5.73 Å². The quantitative estimate of drug-likeness (QED) is 0.775. The Morgan fingerprint density at radius 3 is 2.65 bits per heavy atom. The molecular weight excluding hydrogens is 258 g/mol. The minimum atomic E-state index is -0.971. The van der Waals surface area contributed by atoms with Crippen molar-refractivity contribution in [1.29, 1.82) is 0 Å². The molecule has 1 saturated carbocycles. The summed E-state index contributed by atoms with van der Waals surface area (Å²) in [5.41, 5.74) is 7.66. The molecule has 6 heteroatoms. The van der Waals surface area contributed by atoms with Gasteiger partial charge in [0.15, 0.2) is 0 Å². The molecule has 2 aromatic rings. The van der Waals surface area contributed by atoms with Gasteiger partial charge in [-0.05, 0) is 43.9 Å². The highest BCUT2D eigenvalue weighted by Gasteiger charge is 2.24. The first-order valence-corrected chi connectivity index (χ1v) is 6.75. The summed E-state index contributed by atoms with van der Waals surface area (Å²) in [5, 5.41) is 18.6. The van der Waals surface area contributed by atoms with Crippen LogP contribution >= 0.6 is 0 Å². The molecule has 1 heterocycles. The maximum absolute atomic E-state index is 11.0. The van der Waals surface area contributed by atoms with E-state index in [1.165, 1.54) is 0 Å². The largest absolute Gasteiger partial charge is 0.478 e. The first kappa shape index (κ1) is 12.9. The number of hydrogen-bond acceptors (Lipinski definition) is 4. The van der Waals surface area contributed by atoms with E-state index in [2.05, 4.69) is 4.98 Å². The SMILES string of the molecule is Nc1nc2cc(C(=O)O)ccc2n1C1CCC(O)CC1. The highest BCUT2D eigenvalue weighted by atomic mass is 16.4. The maximum Gasteiger partial charge on any atom is 0.335 e. The molecule has 1 aromatic carbocycles. The number of nitrogens with two attached hydrogens (primary N) is 1. The zero-order valence-electron chi connectivity index (χ0n) is 11.0. The number of carboxylic acids is 1. The third-order valence-electron chi connectivity index (χ3n) is 4.00. The Morgan fingerprint density at radius 1 is 1.30 bits per heavy atom. The van der Waals surface area contributed by atoms with Crippen LogP contribution in [0.5, 0.6) is 0 Å². The van der Waals surface area contributed by atoms with Crippen LogP contribution in [-0.4, -0.2) is 31.8 Å². The molecule has 1 aromatic heterocycles. The second-order valence-electron chi connectivity index (χ2n) is 5.31. The second kappa shape index (κ2) is 4.79. The Labute approximate surface area is 115 Å². The topological polar surface area (TPSA) is 101 Å². The monoisotopic (exact) mass is 275 g/mol. The first-order valence-electron chi connectivity index (χ1n) is 6.75. The van der Waals surface area contributed by atoms with Crippen molar-refractivity contribution in [3.05, 3.63) is 23.8 Å². The number of anilines is 1. The fourth-order valence-corrected chi connectivity index (χ4v) is 2.95.